The Labute approximate surface area is 179 Å². The molecule has 4 aromatic rings. The molecule has 1 fully saturated rings. The fourth-order valence-corrected chi connectivity index (χ4v) is 4.20. The van der Waals surface area contributed by atoms with Crippen molar-refractivity contribution in [1.29, 1.82) is 0 Å². The Morgan fingerprint density at radius 3 is 2.77 bits per heavy atom. The van der Waals surface area contributed by atoms with E-state index in [1.807, 2.05) is 24.5 Å². The highest BCUT2D eigenvalue weighted by Gasteiger charge is 2.32. The number of carbonyl (C=O) groups is 1. The number of amides is 1. The van der Waals surface area contributed by atoms with Crippen molar-refractivity contribution >= 4 is 28.0 Å². The van der Waals surface area contributed by atoms with E-state index in [4.69, 9.17) is 4.42 Å². The van der Waals surface area contributed by atoms with Gasteiger partial charge in [-0.15, -0.1) is 0 Å². The zero-order valence-corrected chi connectivity index (χ0v) is 17.8. The number of para-hydroxylation sites is 2. The lowest BCUT2D eigenvalue weighted by atomic mass is 10.1. The van der Waals surface area contributed by atoms with Gasteiger partial charge in [0.05, 0.1) is 22.9 Å². The standard InChI is InChI=1S/C24H26N4O3/c1-15-11-18-21(12-16(15)2)27(14-25-18)13-19(17-7-8-17)26-23(29)9-10-28-20-5-3-4-6-22(20)31-24(28)30/h3-6,11-12,14,17,19H,7-10,13H2,1-2H3,(H,26,29)/t19-/m1/s1. The van der Waals surface area contributed by atoms with E-state index in [9.17, 15) is 9.59 Å². The Bertz CT molecular complexity index is 1330. The smallest absolute Gasteiger partial charge is 0.408 e. The third-order valence-electron chi connectivity index (χ3n) is 6.30. The van der Waals surface area contributed by atoms with Crippen molar-refractivity contribution in [3.63, 3.8) is 0 Å². The van der Waals surface area contributed by atoms with E-state index in [1.54, 1.807) is 6.07 Å². The Morgan fingerprint density at radius 1 is 1.19 bits per heavy atom. The molecule has 1 amide bonds. The highest BCUT2D eigenvalue weighted by Crippen LogP contribution is 2.34. The lowest BCUT2D eigenvalue weighted by molar-refractivity contribution is -0.122. The minimum atomic E-state index is -0.428. The van der Waals surface area contributed by atoms with Crippen LogP contribution in [0.2, 0.25) is 0 Å². The van der Waals surface area contributed by atoms with Crippen LogP contribution in [0, 0.1) is 19.8 Å². The molecule has 7 nitrogen and oxygen atoms in total. The number of hydrogen-bond donors (Lipinski definition) is 1. The maximum absolute atomic E-state index is 12.7. The van der Waals surface area contributed by atoms with Crippen molar-refractivity contribution in [2.75, 3.05) is 0 Å². The van der Waals surface area contributed by atoms with E-state index >= 15 is 0 Å². The van der Waals surface area contributed by atoms with Crippen LogP contribution in [-0.2, 0) is 17.9 Å². The summed E-state index contributed by atoms with van der Waals surface area (Å²) in [6.45, 7) is 5.19. The summed E-state index contributed by atoms with van der Waals surface area (Å²) in [5.74, 6) is 0.0132. The highest BCUT2D eigenvalue weighted by atomic mass is 16.4. The minimum absolute atomic E-state index is 0.0504. The lowest BCUT2D eigenvalue weighted by Crippen LogP contribution is -2.40. The third kappa shape index (κ3) is 3.87. The molecule has 5 rings (SSSR count). The molecule has 0 saturated heterocycles. The van der Waals surface area contributed by atoms with Gasteiger partial charge < -0.3 is 14.3 Å². The molecule has 160 valence electrons. The van der Waals surface area contributed by atoms with Crippen molar-refractivity contribution < 1.29 is 9.21 Å². The molecular formula is C24H26N4O3. The molecule has 2 heterocycles. The van der Waals surface area contributed by atoms with Gasteiger partial charge in [0.1, 0.15) is 0 Å². The number of oxazole rings is 1. The third-order valence-corrected chi connectivity index (χ3v) is 6.30. The quantitative estimate of drug-likeness (QED) is 0.498. The van der Waals surface area contributed by atoms with Crippen LogP contribution < -0.4 is 11.1 Å². The fraction of sp³-hybridized carbons (Fsp3) is 0.375. The van der Waals surface area contributed by atoms with Crippen LogP contribution in [0.3, 0.4) is 0 Å². The summed E-state index contributed by atoms with van der Waals surface area (Å²) in [4.78, 5) is 29.4. The van der Waals surface area contributed by atoms with E-state index in [0.717, 1.165) is 29.4 Å². The number of aromatic nitrogens is 3. The molecule has 1 saturated carbocycles. The van der Waals surface area contributed by atoms with Crippen LogP contribution in [0.5, 0.6) is 0 Å². The Balaban J connectivity index is 1.28. The number of nitrogens with zero attached hydrogens (tertiary/aromatic N) is 3. The summed E-state index contributed by atoms with van der Waals surface area (Å²) in [6, 6.07) is 11.6. The first-order valence-corrected chi connectivity index (χ1v) is 10.8. The molecule has 0 bridgehead atoms. The van der Waals surface area contributed by atoms with Gasteiger partial charge in [-0.05, 0) is 68.0 Å². The molecule has 7 heteroatoms. The Morgan fingerprint density at radius 2 is 1.97 bits per heavy atom. The summed E-state index contributed by atoms with van der Waals surface area (Å²) in [7, 11) is 0. The zero-order chi connectivity index (χ0) is 21.5. The van der Waals surface area contributed by atoms with Gasteiger partial charge in [-0.2, -0.15) is 0 Å². The predicted octanol–water partition coefficient (Wildman–Crippen LogP) is 3.55. The second-order valence-corrected chi connectivity index (χ2v) is 8.57. The van der Waals surface area contributed by atoms with Gasteiger partial charge in [0.25, 0.3) is 0 Å². The summed E-state index contributed by atoms with van der Waals surface area (Å²) in [5, 5.41) is 3.20. The zero-order valence-electron chi connectivity index (χ0n) is 17.8. The van der Waals surface area contributed by atoms with Gasteiger partial charge in [-0.25, -0.2) is 9.78 Å². The molecule has 2 aromatic carbocycles. The van der Waals surface area contributed by atoms with Crippen LogP contribution in [-0.4, -0.2) is 26.1 Å². The number of fused-ring (bicyclic) bond motifs is 2. The van der Waals surface area contributed by atoms with Gasteiger partial charge in [0.15, 0.2) is 5.58 Å². The Hall–Kier alpha value is -3.35. The molecule has 1 aliphatic rings. The van der Waals surface area contributed by atoms with Crippen LogP contribution in [0.15, 0.2) is 51.9 Å². The molecular weight excluding hydrogens is 392 g/mol. The van der Waals surface area contributed by atoms with E-state index in [0.29, 0.717) is 24.6 Å². The fourth-order valence-electron chi connectivity index (χ4n) is 4.20. The SMILES string of the molecule is Cc1cc2ncn(C[C@@H](NC(=O)CCn3c(=O)oc4ccccc43)C3CC3)c2cc1C. The van der Waals surface area contributed by atoms with Gasteiger partial charge in [-0.3, -0.25) is 9.36 Å². The average Bonchev–Trinajstić information content (AvgIpc) is 3.46. The first kappa shape index (κ1) is 19.6. The van der Waals surface area contributed by atoms with Crippen molar-refractivity contribution in [2.45, 2.75) is 52.2 Å². The first-order chi connectivity index (χ1) is 15.0. The predicted molar refractivity (Wildman–Crippen MR) is 119 cm³/mol. The number of benzene rings is 2. The molecule has 0 spiro atoms. The summed E-state index contributed by atoms with van der Waals surface area (Å²) in [6.07, 6.45) is 4.35. The van der Waals surface area contributed by atoms with E-state index < -0.39 is 5.76 Å². The molecule has 0 aliphatic heterocycles. The molecule has 0 radical (unpaired) electrons. The van der Waals surface area contributed by atoms with Gasteiger partial charge in [0.2, 0.25) is 5.91 Å². The van der Waals surface area contributed by atoms with Gasteiger partial charge >= 0.3 is 5.76 Å². The van der Waals surface area contributed by atoms with Crippen molar-refractivity contribution in [2.24, 2.45) is 5.92 Å². The number of rotatable bonds is 7. The lowest BCUT2D eigenvalue weighted by Gasteiger charge is -2.19. The van der Waals surface area contributed by atoms with Gasteiger partial charge in [0, 0.05) is 25.6 Å². The monoisotopic (exact) mass is 418 g/mol. The molecule has 1 atom stereocenters. The Kier molecular flexibility index (Phi) is 4.88. The second-order valence-electron chi connectivity index (χ2n) is 8.57. The minimum Gasteiger partial charge on any atom is -0.408 e. The average molecular weight is 418 g/mol. The molecule has 1 aliphatic carbocycles. The maximum Gasteiger partial charge on any atom is 0.419 e. The van der Waals surface area contributed by atoms with E-state index in [-0.39, 0.29) is 18.4 Å². The van der Waals surface area contributed by atoms with Crippen LogP contribution in [0.25, 0.3) is 22.1 Å². The maximum atomic E-state index is 12.7. The van der Waals surface area contributed by atoms with Crippen molar-refractivity contribution in [3.05, 3.63) is 64.4 Å². The second kappa shape index (κ2) is 7.72. The molecule has 2 aromatic heterocycles. The van der Waals surface area contributed by atoms with Crippen molar-refractivity contribution in [1.82, 2.24) is 19.4 Å². The number of carbonyl (C=O) groups excluding carboxylic acids is 1. The summed E-state index contributed by atoms with van der Waals surface area (Å²) in [5.41, 5.74) is 5.80. The van der Waals surface area contributed by atoms with E-state index in [1.165, 1.54) is 15.7 Å². The number of nitrogens with one attached hydrogen (secondary N) is 1. The topological polar surface area (TPSA) is 82.1 Å². The summed E-state index contributed by atoms with van der Waals surface area (Å²) < 4.78 is 8.92. The number of imidazole rings is 1. The molecule has 31 heavy (non-hydrogen) atoms. The number of aryl methyl sites for hydroxylation is 3. The normalized spacial score (nSPS) is 14.9. The first-order valence-electron chi connectivity index (χ1n) is 10.8. The van der Waals surface area contributed by atoms with Crippen LogP contribution >= 0.6 is 0 Å². The summed E-state index contributed by atoms with van der Waals surface area (Å²) >= 11 is 0. The van der Waals surface area contributed by atoms with Crippen LogP contribution in [0.4, 0.5) is 0 Å². The largest absolute Gasteiger partial charge is 0.419 e. The highest BCUT2D eigenvalue weighted by molar-refractivity contribution is 5.78. The van der Waals surface area contributed by atoms with Gasteiger partial charge in [-0.1, -0.05) is 12.1 Å². The van der Waals surface area contributed by atoms with E-state index in [2.05, 4.69) is 40.8 Å². The van der Waals surface area contributed by atoms with Crippen molar-refractivity contribution in [3.8, 4) is 0 Å². The van der Waals surface area contributed by atoms with Crippen LogP contribution in [0.1, 0.15) is 30.4 Å². The number of hydrogen-bond acceptors (Lipinski definition) is 4. The molecule has 1 N–H and O–H groups in total. The molecule has 0 unspecified atom stereocenters.